The molecule has 0 spiro atoms. The third-order valence-corrected chi connectivity index (χ3v) is 5.17. The predicted octanol–water partition coefficient (Wildman–Crippen LogP) is 2.22. The molecule has 8 heteroatoms. The standard InChI is InChI=1S/C19H19N7O/c27-19(25-18-10-20-5-6-22-18)24-16-3-4-21-17-8-13(1-2-15(16)17)26-11-12-7-14(26)9-23-12/h1-6,8,10,12,14,23H,7,9,11H2,(H2,21,22,24,25,27)/t12-,14+/m1/s1. The molecule has 2 amide bonds. The van der Waals surface area contributed by atoms with E-state index in [9.17, 15) is 4.79 Å². The molecule has 8 nitrogen and oxygen atoms in total. The monoisotopic (exact) mass is 361 g/mol. The summed E-state index contributed by atoms with van der Waals surface area (Å²) in [5.74, 6) is 0.397. The Morgan fingerprint density at radius 2 is 2.11 bits per heavy atom. The zero-order valence-corrected chi connectivity index (χ0v) is 14.6. The lowest BCUT2D eigenvalue weighted by atomic mass is 10.1. The van der Waals surface area contributed by atoms with Gasteiger partial charge in [-0.05, 0) is 30.7 Å². The van der Waals surface area contributed by atoms with Crippen LogP contribution in [0.5, 0.6) is 0 Å². The number of carbonyl (C=O) groups excluding carboxylic acids is 1. The van der Waals surface area contributed by atoms with Crippen LogP contribution in [-0.4, -0.2) is 46.2 Å². The lowest BCUT2D eigenvalue weighted by Crippen LogP contribution is -2.43. The number of benzene rings is 1. The number of anilines is 3. The van der Waals surface area contributed by atoms with E-state index in [1.165, 1.54) is 24.5 Å². The molecule has 2 bridgehead atoms. The lowest BCUT2D eigenvalue weighted by Gasteiger charge is -2.29. The van der Waals surface area contributed by atoms with Gasteiger partial charge in [-0.25, -0.2) is 9.78 Å². The van der Waals surface area contributed by atoms with Crippen molar-refractivity contribution in [3.8, 4) is 0 Å². The van der Waals surface area contributed by atoms with Crippen LogP contribution in [-0.2, 0) is 0 Å². The Labute approximate surface area is 156 Å². The smallest absolute Gasteiger partial charge is 0.324 e. The van der Waals surface area contributed by atoms with Gasteiger partial charge in [0.1, 0.15) is 0 Å². The van der Waals surface area contributed by atoms with E-state index >= 15 is 0 Å². The van der Waals surface area contributed by atoms with Crippen molar-refractivity contribution in [3.63, 3.8) is 0 Å². The molecule has 1 aromatic carbocycles. The second kappa shape index (κ2) is 6.48. The highest BCUT2D eigenvalue weighted by atomic mass is 16.2. The number of urea groups is 1. The van der Waals surface area contributed by atoms with Crippen molar-refractivity contribution in [2.24, 2.45) is 0 Å². The second-order valence-corrected chi connectivity index (χ2v) is 6.88. The van der Waals surface area contributed by atoms with Gasteiger partial charge in [0.15, 0.2) is 5.82 Å². The van der Waals surface area contributed by atoms with Crippen molar-refractivity contribution in [1.82, 2.24) is 20.3 Å². The van der Waals surface area contributed by atoms with E-state index < -0.39 is 0 Å². The largest absolute Gasteiger partial charge is 0.366 e. The average molecular weight is 361 g/mol. The van der Waals surface area contributed by atoms with Crippen molar-refractivity contribution in [2.45, 2.75) is 18.5 Å². The first-order valence-electron chi connectivity index (χ1n) is 8.99. The molecule has 3 N–H and O–H groups in total. The van der Waals surface area contributed by atoms with Crippen molar-refractivity contribution < 1.29 is 4.79 Å². The quantitative estimate of drug-likeness (QED) is 0.662. The third kappa shape index (κ3) is 3.04. The summed E-state index contributed by atoms with van der Waals surface area (Å²) in [4.78, 5) is 27.2. The molecule has 3 aromatic rings. The fourth-order valence-electron chi connectivity index (χ4n) is 3.93. The molecule has 0 aliphatic carbocycles. The first kappa shape index (κ1) is 16.0. The van der Waals surface area contributed by atoms with Crippen LogP contribution >= 0.6 is 0 Å². The number of nitrogens with one attached hydrogen (secondary N) is 3. The summed E-state index contributed by atoms with van der Waals surface area (Å²) in [6.45, 7) is 2.08. The molecule has 0 radical (unpaired) electrons. The second-order valence-electron chi connectivity index (χ2n) is 6.88. The van der Waals surface area contributed by atoms with E-state index in [2.05, 4.69) is 47.9 Å². The van der Waals surface area contributed by atoms with Crippen molar-refractivity contribution >= 4 is 34.1 Å². The number of hydrogen-bond donors (Lipinski definition) is 3. The van der Waals surface area contributed by atoms with Crippen molar-refractivity contribution in [2.75, 3.05) is 28.6 Å². The van der Waals surface area contributed by atoms with Gasteiger partial charge < -0.3 is 15.5 Å². The number of piperazine rings is 1. The summed E-state index contributed by atoms with van der Waals surface area (Å²) in [6, 6.07) is 8.81. The van der Waals surface area contributed by atoms with E-state index in [0.29, 0.717) is 23.6 Å². The summed E-state index contributed by atoms with van der Waals surface area (Å²) in [5.41, 5.74) is 2.75. The molecule has 2 aromatic heterocycles. The Morgan fingerprint density at radius 1 is 1.15 bits per heavy atom. The Kier molecular flexibility index (Phi) is 3.83. The third-order valence-electron chi connectivity index (χ3n) is 5.17. The molecule has 5 rings (SSSR count). The minimum absolute atomic E-state index is 0.366. The molecular formula is C19H19N7O. The van der Waals surface area contributed by atoms with Crippen LogP contribution in [0.15, 0.2) is 49.1 Å². The summed E-state index contributed by atoms with van der Waals surface area (Å²) >= 11 is 0. The highest BCUT2D eigenvalue weighted by Gasteiger charge is 2.37. The van der Waals surface area contributed by atoms with Crippen LogP contribution in [0.4, 0.5) is 22.0 Å². The first-order chi connectivity index (χ1) is 13.3. The van der Waals surface area contributed by atoms with Crippen LogP contribution in [0.1, 0.15) is 6.42 Å². The molecule has 0 saturated carbocycles. The Morgan fingerprint density at radius 3 is 2.89 bits per heavy atom. The van der Waals surface area contributed by atoms with Crippen LogP contribution in [0.25, 0.3) is 10.9 Å². The van der Waals surface area contributed by atoms with Gasteiger partial charge in [0, 0.05) is 54.8 Å². The number of rotatable bonds is 3. The Bertz CT molecular complexity index is 994. The van der Waals surface area contributed by atoms with Crippen LogP contribution in [0.2, 0.25) is 0 Å². The maximum Gasteiger partial charge on any atom is 0.324 e. The molecule has 2 atom stereocenters. The number of pyridine rings is 1. The van der Waals surface area contributed by atoms with Gasteiger partial charge in [-0.2, -0.15) is 0 Å². The topological polar surface area (TPSA) is 95.1 Å². The van der Waals surface area contributed by atoms with E-state index in [1.807, 2.05) is 6.07 Å². The van der Waals surface area contributed by atoms with Gasteiger partial charge in [0.25, 0.3) is 0 Å². The number of hydrogen-bond acceptors (Lipinski definition) is 6. The highest BCUT2D eigenvalue weighted by Crippen LogP contribution is 2.32. The summed E-state index contributed by atoms with van der Waals surface area (Å²) in [7, 11) is 0. The maximum atomic E-state index is 12.3. The predicted molar refractivity (Wildman–Crippen MR) is 104 cm³/mol. The van der Waals surface area contributed by atoms with Crippen LogP contribution in [0, 0.1) is 0 Å². The summed E-state index contributed by atoms with van der Waals surface area (Å²) in [6.07, 6.45) is 7.49. The average Bonchev–Trinajstić information content (AvgIpc) is 3.32. The van der Waals surface area contributed by atoms with Crippen molar-refractivity contribution in [1.29, 1.82) is 0 Å². The molecule has 2 aliphatic rings. The minimum atomic E-state index is -0.366. The fourth-order valence-corrected chi connectivity index (χ4v) is 3.93. The number of nitrogens with zero attached hydrogens (tertiary/aromatic N) is 4. The van der Waals surface area contributed by atoms with Gasteiger partial charge in [0.2, 0.25) is 0 Å². The van der Waals surface area contributed by atoms with E-state index in [4.69, 9.17) is 0 Å². The van der Waals surface area contributed by atoms with Gasteiger partial charge in [-0.1, -0.05) is 0 Å². The lowest BCUT2D eigenvalue weighted by molar-refractivity contribution is 0.262. The molecule has 2 saturated heterocycles. The van der Waals surface area contributed by atoms with E-state index in [1.54, 1.807) is 18.5 Å². The van der Waals surface area contributed by atoms with Crippen LogP contribution in [0.3, 0.4) is 0 Å². The maximum absolute atomic E-state index is 12.3. The van der Waals surface area contributed by atoms with Crippen LogP contribution < -0.4 is 20.9 Å². The molecule has 0 unspecified atom stereocenters. The SMILES string of the molecule is O=C(Nc1cnccn1)Nc1ccnc2cc(N3C[C@H]4C[C@H]3CN4)ccc12. The number of aromatic nitrogens is 3. The summed E-state index contributed by atoms with van der Waals surface area (Å²) in [5, 5.41) is 9.96. The Hall–Kier alpha value is -3.26. The minimum Gasteiger partial charge on any atom is -0.366 e. The molecule has 4 heterocycles. The zero-order chi connectivity index (χ0) is 18.2. The van der Waals surface area contributed by atoms with E-state index in [-0.39, 0.29) is 6.03 Å². The molecule has 2 fully saturated rings. The van der Waals surface area contributed by atoms with Gasteiger partial charge in [0.05, 0.1) is 17.4 Å². The first-order valence-corrected chi connectivity index (χ1v) is 8.99. The zero-order valence-electron chi connectivity index (χ0n) is 14.6. The summed E-state index contributed by atoms with van der Waals surface area (Å²) < 4.78 is 0. The molecule has 2 aliphatic heterocycles. The fraction of sp³-hybridized carbons (Fsp3) is 0.263. The molecule has 27 heavy (non-hydrogen) atoms. The van der Waals surface area contributed by atoms with Gasteiger partial charge in [-0.15, -0.1) is 0 Å². The van der Waals surface area contributed by atoms with Gasteiger partial charge in [-0.3, -0.25) is 15.3 Å². The number of fused-ring (bicyclic) bond motifs is 3. The number of carbonyl (C=O) groups is 1. The Balaban J connectivity index is 1.38. The van der Waals surface area contributed by atoms with Crippen molar-refractivity contribution in [3.05, 3.63) is 49.1 Å². The molecular weight excluding hydrogens is 342 g/mol. The highest BCUT2D eigenvalue weighted by molar-refractivity contribution is 6.05. The number of amides is 2. The van der Waals surface area contributed by atoms with E-state index in [0.717, 1.165) is 24.0 Å². The van der Waals surface area contributed by atoms with Gasteiger partial charge >= 0.3 is 6.03 Å². The normalized spacial score (nSPS) is 20.8. The molecule has 136 valence electrons.